The fourth-order valence-electron chi connectivity index (χ4n) is 10.3. The molecule has 9 rings (SSSR count). The Morgan fingerprint density at radius 3 is 2.60 bits per heavy atom. The molecule has 5 aliphatic rings. The highest BCUT2D eigenvalue weighted by atomic mass is 32.1. The number of fused-ring (bicyclic) bond motifs is 6. The number of hydrazine groups is 1. The highest BCUT2D eigenvalue weighted by molar-refractivity contribution is 7.10. The Morgan fingerprint density at radius 1 is 1.08 bits per heavy atom. The lowest BCUT2D eigenvalue weighted by Crippen LogP contribution is -2.65. The molecule has 0 radical (unpaired) electrons. The van der Waals surface area contributed by atoms with E-state index in [1.165, 1.54) is 16.3 Å². The van der Waals surface area contributed by atoms with E-state index in [0.29, 0.717) is 65.3 Å². The first-order valence-corrected chi connectivity index (χ1v) is 24.3. The lowest BCUT2D eigenvalue weighted by atomic mass is 9.84. The first-order valence-electron chi connectivity index (χ1n) is 23.5. The molecule has 6 bridgehead atoms. The summed E-state index contributed by atoms with van der Waals surface area (Å²) in [6.07, 6.45) is 5.07. The lowest BCUT2D eigenvalue weighted by Gasteiger charge is -2.46. The van der Waals surface area contributed by atoms with Crippen molar-refractivity contribution in [2.24, 2.45) is 23.2 Å². The number of benzene rings is 1. The summed E-state index contributed by atoms with van der Waals surface area (Å²) in [5.41, 5.74) is 9.40. The van der Waals surface area contributed by atoms with E-state index >= 15 is 0 Å². The number of carbonyl (C=O) groups is 3. The summed E-state index contributed by atoms with van der Waals surface area (Å²) in [5.74, 6) is -0.605. The maximum Gasteiger partial charge on any atom is 0.324 e. The average Bonchev–Trinajstić information content (AvgIpc) is 3.56. The Morgan fingerprint density at radius 2 is 1.86 bits per heavy atom. The lowest BCUT2D eigenvalue weighted by molar-refractivity contribution is -0.156. The summed E-state index contributed by atoms with van der Waals surface area (Å²) in [4.78, 5) is 55.4. The van der Waals surface area contributed by atoms with Crippen LogP contribution in [0.3, 0.4) is 0 Å². The minimum Gasteiger partial charge on any atom is -0.464 e. The third-order valence-corrected chi connectivity index (χ3v) is 15.4. The van der Waals surface area contributed by atoms with Crippen molar-refractivity contribution >= 4 is 40.0 Å². The molecule has 0 spiro atoms. The zero-order valence-electron chi connectivity index (χ0n) is 38.8. The molecule has 4 aromatic rings. The van der Waals surface area contributed by atoms with E-state index in [1.54, 1.807) is 14.2 Å². The first kappa shape index (κ1) is 45.8. The van der Waals surface area contributed by atoms with Gasteiger partial charge in [-0.1, -0.05) is 33.8 Å². The van der Waals surface area contributed by atoms with Gasteiger partial charge in [-0.25, -0.2) is 10.4 Å². The van der Waals surface area contributed by atoms with Crippen molar-refractivity contribution in [2.75, 3.05) is 60.3 Å². The molecule has 4 aliphatic heterocycles. The number of hydrogen-bond donors (Lipinski definition) is 2. The second-order valence-corrected chi connectivity index (χ2v) is 20.4. The molecule has 16 heteroatoms. The Kier molecular flexibility index (Phi) is 13.5. The van der Waals surface area contributed by atoms with Gasteiger partial charge in [-0.3, -0.25) is 29.3 Å². The quantitative estimate of drug-likeness (QED) is 0.167. The topological polar surface area (TPSA) is 159 Å². The van der Waals surface area contributed by atoms with Gasteiger partial charge in [-0.05, 0) is 80.7 Å². The number of ether oxygens (including phenoxy) is 5. The molecule has 1 saturated carbocycles. The van der Waals surface area contributed by atoms with Crippen molar-refractivity contribution in [3.63, 3.8) is 0 Å². The smallest absolute Gasteiger partial charge is 0.324 e. The number of likely N-dealkylation sites (tertiary alicyclic amines) is 1. The van der Waals surface area contributed by atoms with Gasteiger partial charge in [-0.2, -0.15) is 0 Å². The van der Waals surface area contributed by atoms with Crippen LogP contribution < -0.4 is 10.7 Å². The van der Waals surface area contributed by atoms with Crippen LogP contribution >= 0.6 is 11.3 Å². The number of esters is 1. The molecular formula is C49H65N7O8S. The van der Waals surface area contributed by atoms with E-state index in [4.69, 9.17) is 33.7 Å². The summed E-state index contributed by atoms with van der Waals surface area (Å²) in [6, 6.07) is 8.32. The van der Waals surface area contributed by atoms with Crippen LogP contribution in [0.15, 0.2) is 41.9 Å². The van der Waals surface area contributed by atoms with Gasteiger partial charge in [0.05, 0.1) is 54.6 Å². The SMILES string of the molecule is COC1CN([C@@H]2c3nc(cs3)-c3ccc4c(c3)c(c(-c3cccnc3[C@H](C)OC)n4CCOC3CCOCC3)CC(C)(C)COC(=O)[C@@H]3CCCN(N3)C(=O)[C@H]2NC(=O)C2[C@@H](C)[C@H]2C)C1. The van der Waals surface area contributed by atoms with Crippen molar-refractivity contribution in [1.29, 1.82) is 0 Å². The number of thiazole rings is 1. The summed E-state index contributed by atoms with van der Waals surface area (Å²) < 4.78 is 32.4. The van der Waals surface area contributed by atoms with Crippen molar-refractivity contribution in [3.05, 3.63) is 58.2 Å². The first-order chi connectivity index (χ1) is 31.3. The highest BCUT2D eigenvalue weighted by Gasteiger charge is 2.51. The highest BCUT2D eigenvalue weighted by Crippen LogP contribution is 2.46. The standard InChI is InChI=1S/C49H65N7O8S/c1-28-29(2)40(28)45(57)52-42-44(54-24-33(25-54)61-7)46-51-38(26-65-46)31-12-13-39-35(22-31)36(23-49(4,5)27-64-48(59)37-11-9-17-56(53-37)47(42)58)43(34-10-8-16-50-41(34)30(3)60-6)55(39)18-21-63-32-14-19-62-20-15-32/h8,10,12-13,16,22,26,28-30,32-33,37,40,42,44,53H,9,11,14-15,17-21,23-25,27H2,1-7H3,(H,52,57)/t28-,29+,30-,37-,40?,42-,44-/m0/s1. The molecule has 3 saturated heterocycles. The number of methoxy groups -OCH3 is 2. The van der Waals surface area contributed by atoms with Crippen LogP contribution in [-0.4, -0.2) is 127 Å². The number of pyridine rings is 1. The number of carbonyl (C=O) groups excluding carboxylic acids is 3. The second-order valence-electron chi connectivity index (χ2n) is 19.5. The molecule has 4 fully saturated rings. The van der Waals surface area contributed by atoms with Crippen molar-refractivity contribution < 1.29 is 38.1 Å². The molecule has 1 aliphatic carbocycles. The van der Waals surface area contributed by atoms with Crippen LogP contribution in [0.5, 0.6) is 0 Å². The Bertz CT molecular complexity index is 2360. The van der Waals surface area contributed by atoms with Gasteiger partial charge >= 0.3 is 5.97 Å². The van der Waals surface area contributed by atoms with E-state index in [0.717, 1.165) is 62.5 Å². The Balaban J connectivity index is 1.19. The van der Waals surface area contributed by atoms with Crippen LogP contribution in [0.2, 0.25) is 0 Å². The molecule has 7 heterocycles. The molecule has 1 aromatic carbocycles. The Hall–Kier alpha value is -4.29. The van der Waals surface area contributed by atoms with Crippen molar-refractivity contribution in [3.8, 4) is 22.5 Å². The number of hydrogen-bond acceptors (Lipinski definition) is 13. The number of cyclic esters (lactones) is 1. The number of aromatic nitrogens is 3. The zero-order chi connectivity index (χ0) is 45.6. The third kappa shape index (κ3) is 9.37. The fourth-order valence-corrected chi connectivity index (χ4v) is 11.3. The molecule has 350 valence electrons. The van der Waals surface area contributed by atoms with Crippen LogP contribution in [0.4, 0.5) is 0 Å². The van der Waals surface area contributed by atoms with Crippen LogP contribution in [-0.2, 0) is 51.0 Å². The number of nitrogens with one attached hydrogen (secondary N) is 2. The minimum absolute atomic E-state index is 0.0118. The third-order valence-electron chi connectivity index (χ3n) is 14.5. The largest absolute Gasteiger partial charge is 0.464 e. The molecule has 15 nitrogen and oxygen atoms in total. The molecule has 1 unspecified atom stereocenters. The van der Waals surface area contributed by atoms with E-state index in [1.807, 2.05) is 19.2 Å². The summed E-state index contributed by atoms with van der Waals surface area (Å²) in [6.45, 7) is 14.6. The number of rotatable bonds is 11. The van der Waals surface area contributed by atoms with Crippen molar-refractivity contribution in [2.45, 2.75) is 110 Å². The van der Waals surface area contributed by atoms with Crippen LogP contribution in [0.25, 0.3) is 33.4 Å². The van der Waals surface area contributed by atoms with E-state index in [9.17, 15) is 14.4 Å². The van der Waals surface area contributed by atoms with Gasteiger partial charge in [-0.15, -0.1) is 11.3 Å². The van der Waals surface area contributed by atoms with Crippen LogP contribution in [0.1, 0.15) is 88.7 Å². The number of nitrogens with zero attached hydrogens (tertiary/aromatic N) is 5. The molecular weight excluding hydrogens is 847 g/mol. The maximum atomic E-state index is 15.0. The van der Waals surface area contributed by atoms with E-state index < -0.39 is 29.5 Å². The Labute approximate surface area is 385 Å². The normalized spacial score (nSPS) is 27.2. The predicted molar refractivity (Wildman–Crippen MR) is 247 cm³/mol. The molecule has 2 N–H and O–H groups in total. The van der Waals surface area contributed by atoms with Gasteiger partial charge in [0.2, 0.25) is 5.91 Å². The van der Waals surface area contributed by atoms with Gasteiger partial charge in [0.1, 0.15) is 17.1 Å². The van der Waals surface area contributed by atoms with Crippen molar-refractivity contribution in [1.82, 2.24) is 35.2 Å². The number of amides is 2. The van der Waals surface area contributed by atoms with Gasteiger partial charge in [0, 0.05) is 98.6 Å². The fraction of sp³-hybridized carbons (Fsp3) is 0.612. The van der Waals surface area contributed by atoms with Gasteiger partial charge in [0.25, 0.3) is 5.91 Å². The average molecular weight is 912 g/mol. The van der Waals surface area contributed by atoms with Gasteiger partial charge < -0.3 is 33.6 Å². The second kappa shape index (κ2) is 19.1. The molecule has 2 amide bonds. The van der Waals surface area contributed by atoms with Gasteiger partial charge in [0.15, 0.2) is 0 Å². The van der Waals surface area contributed by atoms with Crippen LogP contribution in [0, 0.1) is 23.2 Å². The maximum absolute atomic E-state index is 15.0. The minimum atomic E-state index is -0.975. The van der Waals surface area contributed by atoms with E-state index in [2.05, 4.69) is 77.6 Å². The summed E-state index contributed by atoms with van der Waals surface area (Å²) in [7, 11) is 3.40. The molecule has 65 heavy (non-hydrogen) atoms. The summed E-state index contributed by atoms with van der Waals surface area (Å²) >= 11 is 1.49. The van der Waals surface area contributed by atoms with E-state index in [-0.39, 0.29) is 54.5 Å². The summed E-state index contributed by atoms with van der Waals surface area (Å²) in [5, 5.41) is 8.59. The molecule has 3 aromatic heterocycles. The zero-order valence-corrected chi connectivity index (χ0v) is 39.7. The predicted octanol–water partition coefficient (Wildman–Crippen LogP) is 6.11. The molecule has 7 atom stereocenters. The monoisotopic (exact) mass is 911 g/mol.